The molecular formula is C18H31NO. The van der Waals surface area contributed by atoms with Crippen LogP contribution in [0, 0.1) is 23.7 Å². The highest BCUT2D eigenvalue weighted by atomic mass is 16.5. The number of nitrogens with one attached hydrogen (secondary N) is 1. The van der Waals surface area contributed by atoms with Gasteiger partial charge in [0.25, 0.3) is 0 Å². The first-order valence-corrected chi connectivity index (χ1v) is 9.19. The summed E-state index contributed by atoms with van der Waals surface area (Å²) in [5, 5.41) is 4.11. The molecule has 20 heavy (non-hydrogen) atoms. The summed E-state index contributed by atoms with van der Waals surface area (Å²) in [6, 6.07) is 1.59. The van der Waals surface area contributed by atoms with Crippen molar-refractivity contribution in [3.8, 4) is 0 Å². The summed E-state index contributed by atoms with van der Waals surface area (Å²) in [4.78, 5) is 0. The fourth-order valence-corrected chi connectivity index (χ4v) is 6.02. The van der Waals surface area contributed by atoms with Crippen molar-refractivity contribution in [2.24, 2.45) is 23.7 Å². The molecule has 1 aliphatic heterocycles. The van der Waals surface area contributed by atoms with Crippen LogP contribution in [-0.4, -0.2) is 24.8 Å². The van der Waals surface area contributed by atoms with Gasteiger partial charge in [-0.15, -0.1) is 0 Å². The zero-order valence-corrected chi connectivity index (χ0v) is 13.0. The summed E-state index contributed by atoms with van der Waals surface area (Å²) in [5.74, 6) is 4.22. The van der Waals surface area contributed by atoms with Gasteiger partial charge in [-0.25, -0.2) is 0 Å². The van der Waals surface area contributed by atoms with E-state index in [9.17, 15) is 0 Å². The first-order valence-electron chi connectivity index (χ1n) is 9.19. The zero-order valence-electron chi connectivity index (χ0n) is 13.0. The molecule has 0 amide bonds. The van der Waals surface area contributed by atoms with Gasteiger partial charge >= 0.3 is 0 Å². The van der Waals surface area contributed by atoms with Gasteiger partial charge in [0.05, 0.1) is 6.10 Å². The van der Waals surface area contributed by atoms with Gasteiger partial charge in [0.2, 0.25) is 0 Å². The van der Waals surface area contributed by atoms with E-state index in [0.717, 1.165) is 42.4 Å². The molecule has 0 aromatic rings. The van der Waals surface area contributed by atoms with Gasteiger partial charge in [0.15, 0.2) is 0 Å². The van der Waals surface area contributed by atoms with E-state index < -0.39 is 0 Å². The minimum atomic E-state index is 0.531. The molecule has 5 fully saturated rings. The van der Waals surface area contributed by atoms with E-state index >= 15 is 0 Å². The van der Waals surface area contributed by atoms with Crippen molar-refractivity contribution in [2.75, 3.05) is 6.61 Å². The van der Waals surface area contributed by atoms with Gasteiger partial charge in [0.1, 0.15) is 0 Å². The Hall–Kier alpha value is -0.0800. The van der Waals surface area contributed by atoms with Crippen LogP contribution in [0.3, 0.4) is 0 Å². The highest BCUT2D eigenvalue weighted by molar-refractivity contribution is 5.02. The minimum absolute atomic E-state index is 0.531. The standard InChI is InChI=1S/C18H31NO/c1-2-3-17-11-16(4-5-20-17)19-18-14-7-12-6-13(9-14)10-15(18)8-12/h12-19H,2-11H2,1H3. The molecule has 4 aliphatic carbocycles. The maximum Gasteiger partial charge on any atom is 0.0589 e. The second kappa shape index (κ2) is 5.61. The van der Waals surface area contributed by atoms with Gasteiger partial charge in [-0.1, -0.05) is 13.3 Å². The average Bonchev–Trinajstić information content (AvgIpc) is 2.43. The molecule has 0 spiro atoms. The smallest absolute Gasteiger partial charge is 0.0589 e. The van der Waals surface area contributed by atoms with Crippen molar-refractivity contribution in [3.63, 3.8) is 0 Å². The first-order chi connectivity index (χ1) is 9.81. The SMILES string of the molecule is CCCC1CC(NC2C3CC4CC(C3)CC2C4)CCO1. The Morgan fingerprint density at radius 3 is 2.30 bits per heavy atom. The van der Waals surface area contributed by atoms with Gasteiger partial charge in [-0.05, 0) is 75.0 Å². The van der Waals surface area contributed by atoms with E-state index in [4.69, 9.17) is 4.74 Å². The Morgan fingerprint density at radius 2 is 1.65 bits per heavy atom. The Balaban J connectivity index is 1.37. The molecule has 5 rings (SSSR count). The van der Waals surface area contributed by atoms with Crippen molar-refractivity contribution >= 4 is 0 Å². The van der Waals surface area contributed by atoms with Crippen LogP contribution in [-0.2, 0) is 4.74 Å². The third-order valence-corrected chi connectivity index (χ3v) is 6.63. The van der Waals surface area contributed by atoms with Crippen molar-refractivity contribution in [3.05, 3.63) is 0 Å². The summed E-state index contributed by atoms with van der Waals surface area (Å²) < 4.78 is 5.92. The highest BCUT2D eigenvalue weighted by Crippen LogP contribution is 2.53. The Labute approximate surface area is 124 Å². The summed E-state index contributed by atoms with van der Waals surface area (Å²) in [6.45, 7) is 3.26. The molecule has 4 bridgehead atoms. The second-order valence-corrected chi connectivity index (χ2v) is 8.13. The Morgan fingerprint density at radius 1 is 0.950 bits per heavy atom. The normalized spacial score (nSPS) is 50.5. The van der Waals surface area contributed by atoms with Gasteiger partial charge < -0.3 is 10.1 Å². The molecule has 4 saturated carbocycles. The lowest BCUT2D eigenvalue weighted by atomic mass is 9.54. The van der Waals surface area contributed by atoms with Crippen LogP contribution >= 0.6 is 0 Å². The van der Waals surface area contributed by atoms with Crippen molar-refractivity contribution in [2.45, 2.75) is 82.9 Å². The van der Waals surface area contributed by atoms with Gasteiger partial charge in [0, 0.05) is 18.7 Å². The minimum Gasteiger partial charge on any atom is -0.378 e. The molecule has 1 N–H and O–H groups in total. The lowest BCUT2D eigenvalue weighted by Crippen LogP contribution is -2.57. The van der Waals surface area contributed by atoms with Crippen molar-refractivity contribution in [1.82, 2.24) is 5.32 Å². The Kier molecular flexibility index (Phi) is 3.80. The molecule has 0 aromatic heterocycles. The van der Waals surface area contributed by atoms with Crippen LogP contribution in [0.5, 0.6) is 0 Å². The van der Waals surface area contributed by atoms with Crippen molar-refractivity contribution < 1.29 is 4.74 Å². The lowest BCUT2D eigenvalue weighted by molar-refractivity contribution is -0.0393. The number of hydrogen-bond acceptors (Lipinski definition) is 2. The molecule has 1 saturated heterocycles. The predicted molar refractivity (Wildman–Crippen MR) is 81.6 cm³/mol. The van der Waals surface area contributed by atoms with E-state index in [2.05, 4.69) is 12.2 Å². The van der Waals surface area contributed by atoms with Crippen LogP contribution in [0.4, 0.5) is 0 Å². The molecule has 1 heterocycles. The summed E-state index contributed by atoms with van der Waals surface area (Å²) >= 11 is 0. The van der Waals surface area contributed by atoms with E-state index in [1.54, 1.807) is 6.42 Å². The maximum atomic E-state index is 5.92. The third kappa shape index (κ3) is 2.54. The molecule has 0 radical (unpaired) electrons. The fourth-order valence-electron chi connectivity index (χ4n) is 6.02. The molecular weight excluding hydrogens is 246 g/mol. The average molecular weight is 277 g/mol. The monoisotopic (exact) mass is 277 g/mol. The second-order valence-electron chi connectivity index (χ2n) is 8.13. The van der Waals surface area contributed by atoms with Crippen LogP contribution in [0.2, 0.25) is 0 Å². The van der Waals surface area contributed by atoms with Crippen LogP contribution in [0.15, 0.2) is 0 Å². The molecule has 2 atom stereocenters. The van der Waals surface area contributed by atoms with Crippen molar-refractivity contribution in [1.29, 1.82) is 0 Å². The predicted octanol–water partition coefficient (Wildman–Crippen LogP) is 3.75. The summed E-state index contributed by atoms with van der Waals surface area (Å²) in [5.41, 5.74) is 0. The fraction of sp³-hybridized carbons (Fsp3) is 1.00. The highest BCUT2D eigenvalue weighted by Gasteiger charge is 2.48. The molecule has 2 heteroatoms. The van der Waals surface area contributed by atoms with Crippen LogP contribution < -0.4 is 5.32 Å². The van der Waals surface area contributed by atoms with E-state index in [-0.39, 0.29) is 0 Å². The van der Waals surface area contributed by atoms with E-state index in [1.165, 1.54) is 51.4 Å². The van der Waals surface area contributed by atoms with Crippen LogP contribution in [0.1, 0.15) is 64.7 Å². The quantitative estimate of drug-likeness (QED) is 0.845. The van der Waals surface area contributed by atoms with Crippen LogP contribution in [0.25, 0.3) is 0 Å². The molecule has 0 aromatic carbocycles. The lowest BCUT2D eigenvalue weighted by Gasteiger charge is -2.55. The molecule has 2 nitrogen and oxygen atoms in total. The Bertz CT molecular complexity index is 312. The first kappa shape index (κ1) is 13.6. The van der Waals surface area contributed by atoms with Gasteiger partial charge in [-0.3, -0.25) is 0 Å². The molecule has 114 valence electrons. The third-order valence-electron chi connectivity index (χ3n) is 6.63. The van der Waals surface area contributed by atoms with Gasteiger partial charge in [-0.2, -0.15) is 0 Å². The zero-order chi connectivity index (χ0) is 13.5. The number of hydrogen-bond donors (Lipinski definition) is 1. The summed E-state index contributed by atoms with van der Waals surface area (Å²) in [6.07, 6.45) is 13.2. The maximum absolute atomic E-state index is 5.92. The summed E-state index contributed by atoms with van der Waals surface area (Å²) in [7, 11) is 0. The number of rotatable bonds is 4. The largest absolute Gasteiger partial charge is 0.378 e. The molecule has 5 aliphatic rings. The van der Waals surface area contributed by atoms with E-state index in [0.29, 0.717) is 6.10 Å². The topological polar surface area (TPSA) is 21.3 Å². The molecule has 2 unspecified atom stereocenters. The number of ether oxygens (including phenoxy) is 1. The van der Waals surface area contributed by atoms with E-state index in [1.807, 2.05) is 0 Å².